The summed E-state index contributed by atoms with van der Waals surface area (Å²) in [4.78, 5) is 0. The van der Waals surface area contributed by atoms with Crippen LogP contribution in [0.15, 0.2) is 12.1 Å². The van der Waals surface area contributed by atoms with Crippen LogP contribution < -0.4 is 0 Å². The minimum Gasteiger partial charge on any atom is -0.507 e. The van der Waals surface area contributed by atoms with Crippen molar-refractivity contribution >= 4 is 0 Å². The normalized spacial score (nSPS) is 14.7. The summed E-state index contributed by atoms with van der Waals surface area (Å²) < 4.78 is 0. The van der Waals surface area contributed by atoms with Crippen LogP contribution in [-0.4, -0.2) is 5.11 Å². The van der Waals surface area contributed by atoms with E-state index in [0.717, 1.165) is 24.8 Å². The molecule has 0 radical (unpaired) electrons. The van der Waals surface area contributed by atoms with Crippen molar-refractivity contribution < 1.29 is 5.11 Å². The molecule has 0 fully saturated rings. The van der Waals surface area contributed by atoms with Crippen molar-refractivity contribution in [2.24, 2.45) is 0 Å². The molecule has 1 N–H and O–H groups in total. The molecule has 66 valence electrons. The Morgan fingerprint density at radius 3 is 2.77 bits per heavy atom. The predicted molar refractivity (Wildman–Crippen MR) is 49.5 cm³/mol. The molecule has 0 atom stereocenters. The number of rotatable bonds is 0. The SMILES string of the molecule is N#Cc1c(O)ccc2c1CCCC2. The number of fused-ring (bicyclic) bond motifs is 1. The summed E-state index contributed by atoms with van der Waals surface area (Å²) in [7, 11) is 0. The van der Waals surface area contributed by atoms with Gasteiger partial charge in [0.15, 0.2) is 0 Å². The van der Waals surface area contributed by atoms with Gasteiger partial charge >= 0.3 is 0 Å². The van der Waals surface area contributed by atoms with Crippen molar-refractivity contribution in [2.75, 3.05) is 0 Å². The lowest BCUT2D eigenvalue weighted by Crippen LogP contribution is -2.04. The number of benzene rings is 1. The Hall–Kier alpha value is -1.49. The van der Waals surface area contributed by atoms with Crippen LogP contribution in [0.1, 0.15) is 29.5 Å². The van der Waals surface area contributed by atoms with E-state index in [1.165, 1.54) is 12.0 Å². The maximum absolute atomic E-state index is 9.44. The number of phenolic OH excluding ortho intramolecular Hbond substituents is 1. The van der Waals surface area contributed by atoms with Gasteiger partial charge in [-0.05, 0) is 42.9 Å². The molecule has 0 saturated carbocycles. The first kappa shape index (κ1) is 8.12. The first-order valence-corrected chi connectivity index (χ1v) is 4.57. The van der Waals surface area contributed by atoms with Crippen LogP contribution in [0, 0.1) is 11.3 Å². The lowest BCUT2D eigenvalue weighted by Gasteiger charge is -2.16. The number of hydrogen-bond donors (Lipinski definition) is 1. The van der Waals surface area contributed by atoms with Gasteiger partial charge in [0, 0.05) is 0 Å². The molecule has 0 amide bonds. The molecule has 0 aliphatic heterocycles. The van der Waals surface area contributed by atoms with Crippen LogP contribution in [-0.2, 0) is 12.8 Å². The van der Waals surface area contributed by atoms with Crippen LogP contribution in [0.4, 0.5) is 0 Å². The molecule has 0 heterocycles. The van der Waals surface area contributed by atoms with Crippen molar-refractivity contribution in [1.82, 2.24) is 0 Å². The Kier molecular flexibility index (Phi) is 1.94. The summed E-state index contributed by atoms with van der Waals surface area (Å²) >= 11 is 0. The fourth-order valence-corrected chi connectivity index (χ4v) is 1.94. The highest BCUT2D eigenvalue weighted by atomic mass is 16.3. The Morgan fingerprint density at radius 1 is 1.23 bits per heavy atom. The minimum atomic E-state index is 0.128. The molecule has 2 nitrogen and oxygen atoms in total. The number of nitrogens with zero attached hydrogens (tertiary/aromatic N) is 1. The molecule has 0 saturated heterocycles. The van der Waals surface area contributed by atoms with Gasteiger partial charge in [0.05, 0.1) is 5.56 Å². The Labute approximate surface area is 77.4 Å². The third kappa shape index (κ3) is 1.27. The number of aromatic hydroxyl groups is 1. The van der Waals surface area contributed by atoms with Crippen molar-refractivity contribution in [3.05, 3.63) is 28.8 Å². The van der Waals surface area contributed by atoms with Gasteiger partial charge in [0.1, 0.15) is 11.8 Å². The number of nitriles is 1. The lowest BCUT2D eigenvalue weighted by molar-refractivity contribution is 0.471. The van der Waals surface area contributed by atoms with Gasteiger partial charge in [-0.25, -0.2) is 0 Å². The van der Waals surface area contributed by atoms with E-state index in [1.807, 2.05) is 6.07 Å². The second-order valence-corrected chi connectivity index (χ2v) is 3.42. The minimum absolute atomic E-state index is 0.128. The van der Waals surface area contributed by atoms with E-state index >= 15 is 0 Å². The third-order valence-electron chi connectivity index (χ3n) is 2.62. The third-order valence-corrected chi connectivity index (χ3v) is 2.62. The fourth-order valence-electron chi connectivity index (χ4n) is 1.94. The molecular formula is C11H11NO. The van der Waals surface area contributed by atoms with E-state index in [2.05, 4.69) is 6.07 Å². The van der Waals surface area contributed by atoms with Crippen molar-refractivity contribution in [1.29, 1.82) is 5.26 Å². The van der Waals surface area contributed by atoms with E-state index in [4.69, 9.17) is 5.26 Å². The number of aryl methyl sites for hydroxylation is 1. The van der Waals surface area contributed by atoms with E-state index in [0.29, 0.717) is 5.56 Å². The smallest absolute Gasteiger partial charge is 0.133 e. The Balaban J connectivity index is 2.60. The average molecular weight is 173 g/mol. The molecule has 2 rings (SSSR count). The van der Waals surface area contributed by atoms with Crippen LogP contribution in [0.3, 0.4) is 0 Å². The maximum atomic E-state index is 9.44. The molecule has 0 unspecified atom stereocenters. The van der Waals surface area contributed by atoms with E-state index in [9.17, 15) is 5.11 Å². The topological polar surface area (TPSA) is 44.0 Å². The fraction of sp³-hybridized carbons (Fsp3) is 0.364. The quantitative estimate of drug-likeness (QED) is 0.653. The molecular weight excluding hydrogens is 162 g/mol. The molecule has 0 aromatic heterocycles. The van der Waals surface area contributed by atoms with Crippen molar-refractivity contribution in [3.63, 3.8) is 0 Å². The molecule has 1 aliphatic rings. The van der Waals surface area contributed by atoms with Gasteiger partial charge in [-0.3, -0.25) is 0 Å². The van der Waals surface area contributed by atoms with Gasteiger partial charge in [0.2, 0.25) is 0 Å². The monoisotopic (exact) mass is 173 g/mol. The zero-order valence-corrected chi connectivity index (χ0v) is 7.38. The van der Waals surface area contributed by atoms with Crippen LogP contribution in [0.25, 0.3) is 0 Å². The molecule has 1 aliphatic carbocycles. The zero-order chi connectivity index (χ0) is 9.26. The highest BCUT2D eigenvalue weighted by molar-refractivity contribution is 5.52. The van der Waals surface area contributed by atoms with E-state index < -0.39 is 0 Å². The first-order chi connectivity index (χ1) is 6.33. The number of phenols is 1. The molecule has 13 heavy (non-hydrogen) atoms. The summed E-state index contributed by atoms with van der Waals surface area (Å²) in [6.07, 6.45) is 4.31. The van der Waals surface area contributed by atoms with Gasteiger partial charge in [-0.1, -0.05) is 6.07 Å². The summed E-state index contributed by atoms with van der Waals surface area (Å²) in [5.41, 5.74) is 2.78. The first-order valence-electron chi connectivity index (χ1n) is 4.57. The van der Waals surface area contributed by atoms with Gasteiger partial charge in [-0.15, -0.1) is 0 Å². The van der Waals surface area contributed by atoms with Gasteiger partial charge in [0.25, 0.3) is 0 Å². The molecule has 1 aromatic rings. The summed E-state index contributed by atoms with van der Waals surface area (Å²) in [6.45, 7) is 0. The second kappa shape index (κ2) is 3.10. The highest BCUT2D eigenvalue weighted by Gasteiger charge is 2.15. The average Bonchev–Trinajstić information content (AvgIpc) is 2.18. The molecule has 0 spiro atoms. The van der Waals surface area contributed by atoms with Crippen LogP contribution in [0.5, 0.6) is 5.75 Å². The predicted octanol–water partition coefficient (Wildman–Crippen LogP) is 2.14. The standard InChI is InChI=1S/C11H11NO/c12-7-10-9-4-2-1-3-8(9)5-6-11(10)13/h5-6,13H,1-4H2. The highest BCUT2D eigenvalue weighted by Crippen LogP contribution is 2.29. The largest absolute Gasteiger partial charge is 0.507 e. The van der Waals surface area contributed by atoms with Crippen molar-refractivity contribution in [2.45, 2.75) is 25.7 Å². The van der Waals surface area contributed by atoms with E-state index in [-0.39, 0.29) is 5.75 Å². The number of hydrogen-bond acceptors (Lipinski definition) is 2. The van der Waals surface area contributed by atoms with Crippen molar-refractivity contribution in [3.8, 4) is 11.8 Å². The summed E-state index contributed by atoms with van der Waals surface area (Å²) in [5.74, 6) is 0.128. The second-order valence-electron chi connectivity index (χ2n) is 3.42. The molecule has 1 aromatic carbocycles. The molecule has 2 heteroatoms. The molecule has 0 bridgehead atoms. The van der Waals surface area contributed by atoms with Gasteiger partial charge in [-0.2, -0.15) is 5.26 Å². The van der Waals surface area contributed by atoms with Gasteiger partial charge < -0.3 is 5.11 Å². The zero-order valence-electron chi connectivity index (χ0n) is 7.38. The Bertz CT molecular complexity index is 376. The summed E-state index contributed by atoms with van der Waals surface area (Å²) in [6, 6.07) is 5.64. The summed E-state index contributed by atoms with van der Waals surface area (Å²) in [5, 5.41) is 18.3. The Morgan fingerprint density at radius 2 is 2.00 bits per heavy atom. The van der Waals surface area contributed by atoms with E-state index in [1.54, 1.807) is 6.07 Å². The lowest BCUT2D eigenvalue weighted by atomic mass is 9.88. The maximum Gasteiger partial charge on any atom is 0.133 e. The van der Waals surface area contributed by atoms with Crippen LogP contribution >= 0.6 is 0 Å². The van der Waals surface area contributed by atoms with Crippen LogP contribution in [0.2, 0.25) is 0 Å².